The van der Waals surface area contributed by atoms with Crippen molar-refractivity contribution in [2.45, 2.75) is 18.0 Å². The molecule has 3 aromatic rings. The number of aryl methyl sites for hydroxylation is 1. The zero-order valence-corrected chi connectivity index (χ0v) is 15.9. The third-order valence-corrected chi connectivity index (χ3v) is 4.18. The Labute approximate surface area is 158 Å². The lowest BCUT2D eigenvalue weighted by Gasteiger charge is -2.19. The highest BCUT2D eigenvalue weighted by atomic mass is 127. The van der Waals surface area contributed by atoms with Gasteiger partial charge in [0, 0.05) is 18.8 Å². The first-order valence-electron chi connectivity index (χ1n) is 7.53. The summed E-state index contributed by atoms with van der Waals surface area (Å²) in [4.78, 5) is 9.88. The standard InChI is InChI=1S/C17H16FIN4O2/c1-11-7-12(22-25-11)10-24-14-5-3-13(4-6-14)23(2)17-15(18)9-20-16(8-19)21-17/h3-7,9H,8,10H2,1-2H3. The second-order valence-electron chi connectivity index (χ2n) is 5.36. The van der Waals surface area contributed by atoms with Gasteiger partial charge in [-0.2, -0.15) is 0 Å². The van der Waals surface area contributed by atoms with Crippen LogP contribution in [0.15, 0.2) is 41.1 Å². The molecule has 2 aromatic heterocycles. The summed E-state index contributed by atoms with van der Waals surface area (Å²) in [6, 6.07) is 9.14. The number of hydrogen-bond acceptors (Lipinski definition) is 6. The van der Waals surface area contributed by atoms with Crippen molar-refractivity contribution < 1.29 is 13.7 Å². The first-order valence-corrected chi connectivity index (χ1v) is 9.05. The monoisotopic (exact) mass is 454 g/mol. The molecule has 0 saturated carbocycles. The molecule has 0 aliphatic rings. The van der Waals surface area contributed by atoms with E-state index in [2.05, 4.69) is 37.7 Å². The number of halogens is 2. The van der Waals surface area contributed by atoms with Gasteiger partial charge in [0.1, 0.15) is 29.6 Å². The Hall–Kier alpha value is -2.23. The molecule has 0 bridgehead atoms. The Morgan fingerprint density at radius 1 is 1.28 bits per heavy atom. The number of rotatable bonds is 6. The zero-order chi connectivity index (χ0) is 17.8. The third-order valence-electron chi connectivity index (χ3n) is 3.50. The van der Waals surface area contributed by atoms with Crippen molar-refractivity contribution in [1.29, 1.82) is 0 Å². The van der Waals surface area contributed by atoms with Gasteiger partial charge >= 0.3 is 0 Å². The van der Waals surface area contributed by atoms with E-state index >= 15 is 0 Å². The van der Waals surface area contributed by atoms with Gasteiger partial charge in [-0.15, -0.1) is 0 Å². The van der Waals surface area contributed by atoms with E-state index in [0.717, 1.165) is 17.1 Å². The topological polar surface area (TPSA) is 64.3 Å². The van der Waals surface area contributed by atoms with E-state index in [9.17, 15) is 4.39 Å². The van der Waals surface area contributed by atoms with Gasteiger partial charge in [0.25, 0.3) is 0 Å². The van der Waals surface area contributed by atoms with Gasteiger partial charge in [-0.25, -0.2) is 14.4 Å². The highest BCUT2D eigenvalue weighted by Crippen LogP contribution is 2.26. The maximum Gasteiger partial charge on any atom is 0.184 e. The van der Waals surface area contributed by atoms with Crippen molar-refractivity contribution in [3.63, 3.8) is 0 Å². The molecule has 2 heterocycles. The lowest BCUT2D eigenvalue weighted by molar-refractivity contribution is 0.288. The predicted octanol–water partition coefficient (Wildman–Crippen LogP) is 4.19. The van der Waals surface area contributed by atoms with E-state index in [4.69, 9.17) is 9.26 Å². The molecular weight excluding hydrogens is 438 g/mol. The van der Waals surface area contributed by atoms with Crippen LogP contribution in [0.1, 0.15) is 17.3 Å². The molecule has 0 aliphatic heterocycles. The summed E-state index contributed by atoms with van der Waals surface area (Å²) in [6.07, 6.45) is 1.20. The molecule has 0 atom stereocenters. The van der Waals surface area contributed by atoms with Crippen LogP contribution < -0.4 is 9.64 Å². The number of alkyl halides is 1. The molecule has 0 spiro atoms. The Morgan fingerprint density at radius 3 is 2.68 bits per heavy atom. The lowest BCUT2D eigenvalue weighted by Crippen LogP contribution is -2.14. The van der Waals surface area contributed by atoms with Crippen LogP contribution in [0.5, 0.6) is 5.75 Å². The molecule has 130 valence electrons. The van der Waals surface area contributed by atoms with Gasteiger partial charge in [0.05, 0.1) is 10.6 Å². The largest absolute Gasteiger partial charge is 0.487 e. The van der Waals surface area contributed by atoms with Crippen molar-refractivity contribution in [2.24, 2.45) is 0 Å². The van der Waals surface area contributed by atoms with Crippen LogP contribution in [0.25, 0.3) is 0 Å². The van der Waals surface area contributed by atoms with Gasteiger partial charge in [-0.3, -0.25) is 0 Å². The van der Waals surface area contributed by atoms with Crippen LogP contribution in [-0.2, 0) is 11.0 Å². The van der Waals surface area contributed by atoms with Crippen molar-refractivity contribution >= 4 is 34.1 Å². The van der Waals surface area contributed by atoms with Crippen molar-refractivity contribution in [2.75, 3.05) is 11.9 Å². The molecule has 0 saturated heterocycles. The number of anilines is 2. The van der Waals surface area contributed by atoms with Crippen molar-refractivity contribution in [3.8, 4) is 5.75 Å². The molecule has 0 amide bonds. The summed E-state index contributed by atoms with van der Waals surface area (Å²) >= 11 is 2.15. The Bertz CT molecular complexity index is 854. The molecule has 0 unspecified atom stereocenters. The van der Waals surface area contributed by atoms with Crippen molar-refractivity contribution in [1.82, 2.24) is 15.1 Å². The predicted molar refractivity (Wildman–Crippen MR) is 99.8 cm³/mol. The average Bonchev–Trinajstić information content (AvgIpc) is 3.05. The summed E-state index contributed by atoms with van der Waals surface area (Å²) < 4.78 is 25.3. The summed E-state index contributed by atoms with van der Waals surface area (Å²) in [7, 11) is 1.76. The molecule has 8 heteroatoms. The van der Waals surface area contributed by atoms with Gasteiger partial charge in [0.2, 0.25) is 0 Å². The summed E-state index contributed by atoms with van der Waals surface area (Å²) in [5, 5.41) is 3.88. The highest BCUT2D eigenvalue weighted by molar-refractivity contribution is 14.1. The van der Waals surface area contributed by atoms with Crippen LogP contribution in [0, 0.1) is 12.7 Å². The summed E-state index contributed by atoms with van der Waals surface area (Å²) in [6.45, 7) is 2.16. The van der Waals surface area contributed by atoms with E-state index in [0.29, 0.717) is 22.6 Å². The van der Waals surface area contributed by atoms with E-state index in [1.165, 1.54) is 6.20 Å². The first kappa shape index (κ1) is 17.6. The Balaban J connectivity index is 1.71. The fourth-order valence-electron chi connectivity index (χ4n) is 2.22. The Kier molecular flexibility index (Phi) is 5.47. The second kappa shape index (κ2) is 7.77. The van der Waals surface area contributed by atoms with Gasteiger partial charge in [-0.05, 0) is 31.2 Å². The first-order chi connectivity index (χ1) is 12.1. The minimum Gasteiger partial charge on any atom is -0.487 e. The number of aromatic nitrogens is 3. The van der Waals surface area contributed by atoms with E-state index < -0.39 is 5.82 Å². The van der Waals surface area contributed by atoms with E-state index in [1.807, 2.05) is 37.3 Å². The molecule has 25 heavy (non-hydrogen) atoms. The zero-order valence-electron chi connectivity index (χ0n) is 13.7. The smallest absolute Gasteiger partial charge is 0.184 e. The van der Waals surface area contributed by atoms with Crippen molar-refractivity contribution in [3.05, 3.63) is 59.6 Å². The fourth-order valence-corrected chi connectivity index (χ4v) is 2.59. The molecule has 1 aromatic carbocycles. The number of ether oxygens (including phenoxy) is 1. The van der Waals surface area contributed by atoms with Gasteiger partial charge < -0.3 is 14.2 Å². The fraction of sp³-hybridized carbons (Fsp3) is 0.235. The number of nitrogens with zero attached hydrogens (tertiary/aromatic N) is 4. The van der Waals surface area contributed by atoms with E-state index in [-0.39, 0.29) is 5.82 Å². The normalized spacial score (nSPS) is 10.7. The number of hydrogen-bond donors (Lipinski definition) is 0. The van der Waals surface area contributed by atoms with Crippen LogP contribution in [0.2, 0.25) is 0 Å². The summed E-state index contributed by atoms with van der Waals surface area (Å²) in [5.74, 6) is 1.81. The third kappa shape index (κ3) is 4.25. The van der Waals surface area contributed by atoms with Gasteiger partial charge in [0.15, 0.2) is 11.6 Å². The van der Waals surface area contributed by atoms with Crippen LogP contribution in [0.3, 0.4) is 0 Å². The van der Waals surface area contributed by atoms with E-state index in [1.54, 1.807) is 11.9 Å². The maximum atomic E-state index is 14.0. The van der Waals surface area contributed by atoms with Crippen LogP contribution in [0.4, 0.5) is 15.9 Å². The van der Waals surface area contributed by atoms with Crippen LogP contribution in [-0.4, -0.2) is 22.2 Å². The van der Waals surface area contributed by atoms with Crippen LogP contribution >= 0.6 is 22.6 Å². The molecule has 6 nitrogen and oxygen atoms in total. The quantitative estimate of drug-likeness (QED) is 0.411. The van der Waals surface area contributed by atoms with Gasteiger partial charge in [-0.1, -0.05) is 27.7 Å². The molecule has 0 fully saturated rings. The SMILES string of the molecule is Cc1cc(COc2ccc(N(C)c3nc(CI)ncc3F)cc2)no1. The highest BCUT2D eigenvalue weighted by Gasteiger charge is 2.13. The molecule has 3 rings (SSSR count). The summed E-state index contributed by atoms with van der Waals surface area (Å²) in [5.41, 5.74) is 1.52. The maximum absolute atomic E-state index is 14.0. The minimum atomic E-state index is -0.460. The average molecular weight is 454 g/mol. The Morgan fingerprint density at radius 2 is 2.04 bits per heavy atom. The second-order valence-corrected chi connectivity index (χ2v) is 6.12. The lowest BCUT2D eigenvalue weighted by atomic mass is 10.2. The molecule has 0 radical (unpaired) electrons. The minimum absolute atomic E-state index is 0.244. The molecule has 0 N–H and O–H groups in total. The number of benzene rings is 1. The molecule has 0 aliphatic carbocycles. The molecular formula is C17H16FIN4O2.